The highest BCUT2D eigenvalue weighted by molar-refractivity contribution is 5.71. The minimum absolute atomic E-state index is 0.0546. The van der Waals surface area contributed by atoms with Gasteiger partial charge < -0.3 is 19.9 Å². The zero-order valence-electron chi connectivity index (χ0n) is 13.0. The number of carbonyl (C=O) groups is 2. The summed E-state index contributed by atoms with van der Waals surface area (Å²) in [7, 11) is 0. The Morgan fingerprint density at radius 1 is 1.38 bits per heavy atom. The lowest BCUT2D eigenvalue weighted by atomic mass is 9.67. The lowest BCUT2D eigenvalue weighted by Crippen LogP contribution is -2.54. The fourth-order valence-electron chi connectivity index (χ4n) is 3.09. The molecule has 0 aromatic heterocycles. The molecule has 1 heterocycles. The molecule has 2 fully saturated rings. The SMILES string of the molecule is CC(C)(C)OC(=O)NCC1CCCC2(CC(C(=O)O)C2)O1. The van der Waals surface area contributed by atoms with Gasteiger partial charge in [0.25, 0.3) is 0 Å². The smallest absolute Gasteiger partial charge is 0.407 e. The Kier molecular flexibility index (Phi) is 4.46. The highest BCUT2D eigenvalue weighted by atomic mass is 16.6. The summed E-state index contributed by atoms with van der Waals surface area (Å²) in [5.74, 6) is -1.01. The van der Waals surface area contributed by atoms with Gasteiger partial charge in [-0.25, -0.2) is 4.79 Å². The summed E-state index contributed by atoms with van der Waals surface area (Å²) in [5.41, 5.74) is -0.789. The number of carboxylic acid groups (broad SMARTS) is 1. The maximum atomic E-state index is 11.6. The van der Waals surface area contributed by atoms with E-state index in [9.17, 15) is 9.59 Å². The van der Waals surface area contributed by atoms with Crippen molar-refractivity contribution in [2.45, 2.75) is 70.2 Å². The van der Waals surface area contributed by atoms with E-state index in [1.165, 1.54) is 0 Å². The third-order valence-electron chi connectivity index (χ3n) is 4.03. The maximum Gasteiger partial charge on any atom is 0.407 e. The van der Waals surface area contributed by atoms with Crippen molar-refractivity contribution in [1.82, 2.24) is 5.32 Å². The van der Waals surface area contributed by atoms with Gasteiger partial charge in [-0.15, -0.1) is 0 Å². The second-order valence-electron chi connectivity index (χ2n) is 7.14. The van der Waals surface area contributed by atoms with E-state index in [1.807, 2.05) is 20.8 Å². The molecule has 0 radical (unpaired) electrons. The molecule has 0 bridgehead atoms. The molecule has 1 aliphatic heterocycles. The summed E-state index contributed by atoms with van der Waals surface area (Å²) in [5, 5.41) is 11.7. The maximum absolute atomic E-state index is 11.6. The van der Waals surface area contributed by atoms with Crippen LogP contribution in [0.25, 0.3) is 0 Å². The standard InChI is InChI=1S/C15H25NO5/c1-14(2,3)21-13(19)16-9-11-5-4-6-15(20-11)7-10(8-15)12(17)18/h10-11H,4-9H2,1-3H3,(H,16,19)(H,17,18). The molecule has 1 amide bonds. The van der Waals surface area contributed by atoms with Gasteiger partial charge >= 0.3 is 12.1 Å². The van der Waals surface area contributed by atoms with Gasteiger partial charge in [0.15, 0.2) is 0 Å². The first-order chi connectivity index (χ1) is 9.69. The zero-order valence-corrected chi connectivity index (χ0v) is 13.0. The zero-order chi connectivity index (χ0) is 15.7. The van der Waals surface area contributed by atoms with Gasteiger partial charge in [-0.3, -0.25) is 4.79 Å². The molecule has 21 heavy (non-hydrogen) atoms. The van der Waals surface area contributed by atoms with Gasteiger partial charge in [-0.1, -0.05) is 0 Å². The van der Waals surface area contributed by atoms with E-state index in [-0.39, 0.29) is 17.6 Å². The van der Waals surface area contributed by atoms with E-state index in [2.05, 4.69) is 5.32 Å². The van der Waals surface area contributed by atoms with Crippen molar-refractivity contribution < 1.29 is 24.2 Å². The molecule has 1 aliphatic carbocycles. The molecule has 1 unspecified atom stereocenters. The molecule has 120 valence electrons. The van der Waals surface area contributed by atoms with E-state index < -0.39 is 17.7 Å². The first kappa shape index (κ1) is 16.1. The van der Waals surface area contributed by atoms with E-state index in [0.717, 1.165) is 19.3 Å². The molecule has 1 saturated carbocycles. The Bertz CT molecular complexity index is 409. The molecule has 6 nitrogen and oxygen atoms in total. The minimum atomic E-state index is -0.738. The number of aliphatic carboxylic acids is 1. The average Bonchev–Trinajstić information content (AvgIpc) is 2.31. The minimum Gasteiger partial charge on any atom is -0.481 e. The first-order valence-electron chi connectivity index (χ1n) is 7.57. The molecule has 0 aromatic rings. The monoisotopic (exact) mass is 299 g/mol. The summed E-state index contributed by atoms with van der Waals surface area (Å²) in [6, 6.07) is 0. The van der Waals surface area contributed by atoms with Crippen molar-refractivity contribution in [2.75, 3.05) is 6.54 Å². The second kappa shape index (κ2) is 5.83. The molecule has 1 spiro atoms. The molecule has 1 atom stereocenters. The van der Waals surface area contributed by atoms with Crippen LogP contribution in [0.15, 0.2) is 0 Å². The van der Waals surface area contributed by atoms with Gasteiger partial charge in [0.2, 0.25) is 0 Å². The summed E-state index contributed by atoms with van der Waals surface area (Å²) in [4.78, 5) is 22.5. The van der Waals surface area contributed by atoms with Crippen LogP contribution in [-0.2, 0) is 14.3 Å². The van der Waals surface area contributed by atoms with Gasteiger partial charge in [0.1, 0.15) is 5.60 Å². The molecule has 2 rings (SSSR count). The quantitative estimate of drug-likeness (QED) is 0.835. The number of hydrogen-bond acceptors (Lipinski definition) is 4. The van der Waals surface area contributed by atoms with Crippen LogP contribution in [0.3, 0.4) is 0 Å². The van der Waals surface area contributed by atoms with Crippen molar-refractivity contribution in [3.8, 4) is 0 Å². The summed E-state index contributed by atoms with van der Waals surface area (Å²) < 4.78 is 11.2. The van der Waals surface area contributed by atoms with Gasteiger partial charge in [-0.05, 0) is 52.9 Å². The van der Waals surface area contributed by atoms with Crippen molar-refractivity contribution in [3.63, 3.8) is 0 Å². The van der Waals surface area contributed by atoms with Gasteiger partial charge in [0, 0.05) is 6.54 Å². The Hall–Kier alpha value is -1.30. The highest BCUT2D eigenvalue weighted by Crippen LogP contribution is 2.47. The van der Waals surface area contributed by atoms with Crippen LogP contribution in [-0.4, -0.2) is 41.0 Å². The molecule has 2 aliphatic rings. The first-order valence-corrected chi connectivity index (χ1v) is 7.57. The Balaban J connectivity index is 1.75. The fraction of sp³-hybridized carbons (Fsp3) is 0.867. The topological polar surface area (TPSA) is 84.9 Å². The Labute approximate surface area is 125 Å². The van der Waals surface area contributed by atoms with E-state index >= 15 is 0 Å². The van der Waals surface area contributed by atoms with E-state index in [0.29, 0.717) is 19.4 Å². The number of amides is 1. The van der Waals surface area contributed by atoms with Crippen molar-refractivity contribution in [3.05, 3.63) is 0 Å². The molecule has 2 N–H and O–H groups in total. The van der Waals surface area contributed by atoms with Crippen LogP contribution in [0.2, 0.25) is 0 Å². The van der Waals surface area contributed by atoms with Crippen LogP contribution in [0.4, 0.5) is 4.79 Å². The van der Waals surface area contributed by atoms with Crippen LogP contribution in [0.5, 0.6) is 0 Å². The lowest BCUT2D eigenvalue weighted by molar-refractivity contribution is -0.198. The Morgan fingerprint density at radius 2 is 2.05 bits per heavy atom. The predicted molar refractivity (Wildman–Crippen MR) is 76.1 cm³/mol. The average molecular weight is 299 g/mol. The molecule has 6 heteroatoms. The number of carboxylic acids is 1. The van der Waals surface area contributed by atoms with Crippen molar-refractivity contribution in [2.24, 2.45) is 5.92 Å². The number of alkyl carbamates (subject to hydrolysis) is 1. The van der Waals surface area contributed by atoms with Gasteiger partial charge in [0.05, 0.1) is 17.6 Å². The van der Waals surface area contributed by atoms with Crippen LogP contribution < -0.4 is 5.32 Å². The third-order valence-corrected chi connectivity index (χ3v) is 4.03. The van der Waals surface area contributed by atoms with Crippen molar-refractivity contribution >= 4 is 12.1 Å². The number of hydrogen-bond donors (Lipinski definition) is 2. The highest BCUT2D eigenvalue weighted by Gasteiger charge is 2.50. The lowest BCUT2D eigenvalue weighted by Gasteiger charge is -2.50. The predicted octanol–water partition coefficient (Wildman–Crippen LogP) is 2.31. The normalized spacial score (nSPS) is 32.3. The van der Waals surface area contributed by atoms with E-state index in [1.54, 1.807) is 0 Å². The summed E-state index contributed by atoms with van der Waals surface area (Å²) >= 11 is 0. The Morgan fingerprint density at radius 3 is 2.62 bits per heavy atom. The number of rotatable bonds is 3. The van der Waals surface area contributed by atoms with Crippen LogP contribution in [0, 0.1) is 5.92 Å². The van der Waals surface area contributed by atoms with E-state index in [4.69, 9.17) is 14.6 Å². The number of ether oxygens (including phenoxy) is 2. The third kappa shape index (κ3) is 4.33. The van der Waals surface area contributed by atoms with Gasteiger partial charge in [-0.2, -0.15) is 0 Å². The molecular formula is C15H25NO5. The second-order valence-corrected chi connectivity index (χ2v) is 7.14. The molecular weight excluding hydrogens is 274 g/mol. The van der Waals surface area contributed by atoms with Crippen LogP contribution >= 0.6 is 0 Å². The molecule has 0 aromatic carbocycles. The van der Waals surface area contributed by atoms with Crippen LogP contribution in [0.1, 0.15) is 52.9 Å². The largest absolute Gasteiger partial charge is 0.481 e. The number of nitrogens with one attached hydrogen (secondary N) is 1. The summed E-state index contributed by atoms with van der Waals surface area (Å²) in [6.07, 6.45) is 3.49. The molecule has 1 saturated heterocycles. The van der Waals surface area contributed by atoms with Crippen molar-refractivity contribution in [1.29, 1.82) is 0 Å². The number of carbonyl (C=O) groups excluding carboxylic acids is 1. The summed E-state index contributed by atoms with van der Waals surface area (Å²) in [6.45, 7) is 5.87. The fourth-order valence-corrected chi connectivity index (χ4v) is 3.09.